The summed E-state index contributed by atoms with van der Waals surface area (Å²) in [4.78, 5) is 29.8. The van der Waals surface area contributed by atoms with E-state index < -0.39 is 28.3 Å². The Bertz CT molecular complexity index is 1670. The van der Waals surface area contributed by atoms with Crippen molar-refractivity contribution in [3.05, 3.63) is 90.5 Å². The zero-order valence-corrected chi connectivity index (χ0v) is 34.7. The van der Waals surface area contributed by atoms with E-state index in [-0.39, 0.29) is 33.3 Å². The molecule has 1 aliphatic heterocycles. The van der Waals surface area contributed by atoms with Crippen molar-refractivity contribution in [2.75, 3.05) is 25.6 Å². The Morgan fingerprint density at radius 3 is 1.86 bits per heavy atom. The summed E-state index contributed by atoms with van der Waals surface area (Å²) in [6.07, 6.45) is -0.0387. The van der Waals surface area contributed by atoms with Gasteiger partial charge in [-0.2, -0.15) is 0 Å². The molecule has 0 spiro atoms. The van der Waals surface area contributed by atoms with E-state index in [2.05, 4.69) is 90.8 Å². The molecule has 1 fully saturated rings. The molecular weight excluding hydrogens is 673 g/mol. The summed E-state index contributed by atoms with van der Waals surface area (Å²) in [5.41, 5.74) is 0.727. The Morgan fingerprint density at radius 1 is 0.843 bits per heavy atom. The average Bonchev–Trinajstić information content (AvgIpc) is 3.41. The molecule has 1 heterocycles. The van der Waals surface area contributed by atoms with Gasteiger partial charge in [-0.15, -0.1) is 0 Å². The summed E-state index contributed by atoms with van der Waals surface area (Å²) in [7, 11) is -3.64. The summed E-state index contributed by atoms with van der Waals surface area (Å²) < 4.78 is 25.6. The topological polar surface area (TPSA) is 86.3 Å². The Balaban J connectivity index is 1.87. The molecular formula is C41H58N2O6Si2. The lowest BCUT2D eigenvalue weighted by molar-refractivity contribution is 0.0635. The standard InChI is InChI=1S/C41H58N2O6Si2/c1-29-24-30(28-47-50(12,13)40(5,6)7)43(27-29)37(44)33-25-35(46-11)36(26-34(33)42-38(45)48-39(2,3)4)49-51(41(8,9)10,31-20-16-14-17-21-31)32-22-18-15-19-23-32/h14-23,25-26,30H,1,24,27-28H2,2-13H3,(H,42,45)/t30-/m0/s1. The number of hydrogen-bond donors (Lipinski definition) is 1. The largest absolute Gasteiger partial charge is 0.531 e. The van der Waals surface area contributed by atoms with Crippen molar-refractivity contribution in [3.8, 4) is 11.5 Å². The van der Waals surface area contributed by atoms with E-state index in [1.165, 1.54) is 0 Å². The van der Waals surface area contributed by atoms with Crippen molar-refractivity contribution in [2.45, 2.75) is 104 Å². The van der Waals surface area contributed by atoms with Crippen LogP contribution in [0, 0.1) is 0 Å². The zero-order chi connectivity index (χ0) is 38.0. The Kier molecular flexibility index (Phi) is 11.7. The van der Waals surface area contributed by atoms with E-state index in [4.69, 9.17) is 18.3 Å². The molecule has 8 nitrogen and oxygen atoms in total. The molecule has 1 saturated heterocycles. The van der Waals surface area contributed by atoms with Crippen molar-refractivity contribution < 1.29 is 27.9 Å². The van der Waals surface area contributed by atoms with E-state index >= 15 is 0 Å². The molecule has 2 amide bonds. The molecule has 276 valence electrons. The molecule has 1 N–H and O–H groups in total. The van der Waals surface area contributed by atoms with Crippen molar-refractivity contribution in [1.82, 2.24) is 4.90 Å². The van der Waals surface area contributed by atoms with Gasteiger partial charge in [0.1, 0.15) is 11.4 Å². The normalized spacial score (nSPS) is 15.8. The van der Waals surface area contributed by atoms with Crippen LogP contribution in [0.1, 0.15) is 79.1 Å². The van der Waals surface area contributed by atoms with Crippen LogP contribution in [0.2, 0.25) is 23.2 Å². The zero-order valence-electron chi connectivity index (χ0n) is 32.7. The minimum absolute atomic E-state index is 0.0241. The summed E-state index contributed by atoms with van der Waals surface area (Å²) >= 11 is 0. The Hall–Kier alpha value is -3.87. The number of nitrogens with zero attached hydrogens (tertiary/aromatic N) is 1. The minimum Gasteiger partial charge on any atom is -0.531 e. The van der Waals surface area contributed by atoms with Crippen molar-refractivity contribution in [3.63, 3.8) is 0 Å². The van der Waals surface area contributed by atoms with Gasteiger partial charge in [0.25, 0.3) is 5.91 Å². The van der Waals surface area contributed by atoms with Crippen LogP contribution in [0.25, 0.3) is 0 Å². The number of benzene rings is 3. The second-order valence-corrected chi connectivity index (χ2v) is 26.1. The van der Waals surface area contributed by atoms with Gasteiger partial charge in [0.2, 0.25) is 0 Å². The fourth-order valence-corrected chi connectivity index (χ4v) is 11.7. The molecule has 0 saturated carbocycles. The number of methoxy groups -OCH3 is 1. The highest BCUT2D eigenvalue weighted by Crippen LogP contribution is 2.43. The van der Waals surface area contributed by atoms with E-state index in [9.17, 15) is 9.59 Å². The first-order chi connectivity index (χ1) is 23.6. The maximum Gasteiger partial charge on any atom is 0.412 e. The maximum absolute atomic E-state index is 14.6. The summed E-state index contributed by atoms with van der Waals surface area (Å²) in [5, 5.41) is 4.73. The van der Waals surface area contributed by atoms with E-state index in [0.717, 1.165) is 15.9 Å². The number of carbonyl (C=O) groups excluding carboxylic acids is 2. The molecule has 1 aliphatic rings. The van der Waals surface area contributed by atoms with E-state index in [1.807, 2.05) is 36.4 Å². The van der Waals surface area contributed by atoms with Crippen LogP contribution in [0.5, 0.6) is 11.5 Å². The van der Waals surface area contributed by atoms with Gasteiger partial charge in [0, 0.05) is 12.6 Å². The lowest BCUT2D eigenvalue weighted by Crippen LogP contribution is -2.68. The summed E-state index contributed by atoms with van der Waals surface area (Å²) in [6.45, 7) is 28.0. The van der Waals surface area contributed by atoms with Gasteiger partial charge in [0.15, 0.2) is 14.1 Å². The molecule has 3 aromatic carbocycles. The second kappa shape index (κ2) is 15.0. The molecule has 3 aromatic rings. The summed E-state index contributed by atoms with van der Waals surface area (Å²) in [5.74, 6) is 0.532. The van der Waals surface area contributed by atoms with Crippen LogP contribution in [-0.4, -0.2) is 65.4 Å². The highest BCUT2D eigenvalue weighted by Gasteiger charge is 2.52. The highest BCUT2D eigenvalue weighted by molar-refractivity contribution is 7.00. The molecule has 0 aromatic heterocycles. The van der Waals surface area contributed by atoms with E-state index in [0.29, 0.717) is 31.1 Å². The van der Waals surface area contributed by atoms with Crippen LogP contribution in [-0.2, 0) is 9.16 Å². The fourth-order valence-electron chi connectivity index (χ4n) is 6.25. The SMILES string of the molecule is C=C1C[C@@H](CO[Si](C)(C)C(C)(C)C)N(C(=O)c2cc(OC)c(O[Si](c3ccccc3)(c3ccccc3)C(C)(C)C)cc2NC(=O)OC(C)(C)C)C1. The number of anilines is 1. The third kappa shape index (κ3) is 8.96. The first kappa shape index (κ1) is 39.9. The average molecular weight is 731 g/mol. The third-order valence-corrected chi connectivity index (χ3v) is 19.3. The molecule has 51 heavy (non-hydrogen) atoms. The number of nitrogens with one attached hydrogen (secondary N) is 1. The highest BCUT2D eigenvalue weighted by atomic mass is 28.4. The predicted molar refractivity (Wildman–Crippen MR) is 213 cm³/mol. The predicted octanol–water partition coefficient (Wildman–Crippen LogP) is 8.77. The molecule has 10 heteroatoms. The number of likely N-dealkylation sites (tertiary alicyclic amines) is 1. The van der Waals surface area contributed by atoms with Crippen molar-refractivity contribution in [2.24, 2.45) is 0 Å². The Labute approximate surface area is 307 Å². The van der Waals surface area contributed by atoms with Crippen LogP contribution < -0.4 is 24.9 Å². The lowest BCUT2D eigenvalue weighted by atomic mass is 10.1. The van der Waals surface area contributed by atoms with Crippen LogP contribution in [0.15, 0.2) is 84.9 Å². The fraction of sp³-hybridized carbons (Fsp3) is 0.463. The van der Waals surface area contributed by atoms with Gasteiger partial charge >= 0.3 is 14.4 Å². The van der Waals surface area contributed by atoms with Gasteiger partial charge < -0.3 is 23.2 Å². The lowest BCUT2D eigenvalue weighted by Gasteiger charge is -2.43. The maximum atomic E-state index is 14.6. The quantitative estimate of drug-likeness (QED) is 0.166. The molecule has 0 radical (unpaired) electrons. The monoisotopic (exact) mass is 730 g/mol. The number of ether oxygens (including phenoxy) is 2. The van der Waals surface area contributed by atoms with Crippen molar-refractivity contribution in [1.29, 1.82) is 0 Å². The van der Waals surface area contributed by atoms with E-state index in [1.54, 1.807) is 44.9 Å². The minimum atomic E-state index is -3.12. The van der Waals surface area contributed by atoms with Gasteiger partial charge in [-0.05, 0) is 66.8 Å². The molecule has 4 rings (SSSR count). The van der Waals surface area contributed by atoms with Crippen LogP contribution >= 0.6 is 0 Å². The van der Waals surface area contributed by atoms with Crippen molar-refractivity contribution >= 4 is 44.7 Å². The number of carbonyl (C=O) groups is 2. The number of rotatable bonds is 10. The first-order valence-electron chi connectivity index (χ1n) is 17.7. The first-order valence-corrected chi connectivity index (χ1v) is 22.5. The third-order valence-electron chi connectivity index (χ3n) is 9.91. The van der Waals surface area contributed by atoms with Gasteiger partial charge in [0.05, 0.1) is 31.0 Å². The second-order valence-electron chi connectivity index (χ2n) is 17.1. The molecule has 0 bridgehead atoms. The summed E-state index contributed by atoms with van der Waals surface area (Å²) in [6, 6.07) is 23.7. The number of amides is 2. The van der Waals surface area contributed by atoms with Crippen LogP contribution in [0.3, 0.4) is 0 Å². The molecule has 0 aliphatic carbocycles. The van der Waals surface area contributed by atoms with Gasteiger partial charge in [-0.25, -0.2) is 4.79 Å². The number of hydrogen-bond acceptors (Lipinski definition) is 6. The molecule has 0 unspecified atom stereocenters. The van der Waals surface area contributed by atoms with Gasteiger partial charge in [-0.1, -0.05) is 114 Å². The molecule has 1 atom stereocenters. The van der Waals surface area contributed by atoms with Crippen LogP contribution in [0.4, 0.5) is 10.5 Å². The smallest absolute Gasteiger partial charge is 0.412 e. The van der Waals surface area contributed by atoms with Gasteiger partial charge in [-0.3, -0.25) is 10.1 Å². The Morgan fingerprint density at radius 2 is 1.39 bits per heavy atom.